The number of hydrogen-bond donors (Lipinski definition) is 1. The number of aryl methyl sites for hydroxylation is 4. The largest absolute Gasteiger partial charge is 0.389 e. The molecule has 0 unspecified atom stereocenters. The summed E-state index contributed by atoms with van der Waals surface area (Å²) in [5.41, 5.74) is 7.05. The zero-order chi connectivity index (χ0) is 16.7. The Morgan fingerprint density at radius 2 is 1.78 bits per heavy atom. The van der Waals surface area contributed by atoms with Gasteiger partial charge < -0.3 is 9.67 Å². The summed E-state index contributed by atoms with van der Waals surface area (Å²) in [6, 6.07) is 8.54. The number of rotatable bonds is 4. The van der Waals surface area contributed by atoms with Crippen LogP contribution in [0.3, 0.4) is 0 Å². The number of nitrogens with zero attached hydrogens (tertiary/aromatic N) is 3. The summed E-state index contributed by atoms with van der Waals surface area (Å²) < 4.78 is 4.11. The Hall–Kier alpha value is -2.07. The summed E-state index contributed by atoms with van der Waals surface area (Å²) in [7, 11) is 0. The molecule has 0 saturated carbocycles. The van der Waals surface area contributed by atoms with Crippen molar-refractivity contribution in [3.05, 3.63) is 52.5 Å². The standard InChI is InChI=1S/C19H25N3O/c1-12-6-7-19-18(8-12)15(4)16(5)21(19)10-17(23)11-22-14(3)9-13(2)20-22/h6-9,17,23H,10-11H2,1-5H3/t17-/m1/s1. The zero-order valence-corrected chi connectivity index (χ0v) is 14.6. The minimum Gasteiger partial charge on any atom is -0.389 e. The van der Waals surface area contributed by atoms with Crippen molar-refractivity contribution in [2.45, 2.75) is 53.8 Å². The molecule has 0 aliphatic rings. The molecule has 0 aliphatic heterocycles. The van der Waals surface area contributed by atoms with E-state index in [0.29, 0.717) is 13.1 Å². The van der Waals surface area contributed by atoms with Crippen LogP contribution in [0, 0.1) is 34.6 Å². The molecule has 1 aromatic carbocycles. The van der Waals surface area contributed by atoms with Gasteiger partial charge in [-0.25, -0.2) is 0 Å². The fourth-order valence-electron chi connectivity index (χ4n) is 3.33. The van der Waals surface area contributed by atoms with E-state index in [2.05, 4.69) is 48.6 Å². The van der Waals surface area contributed by atoms with Crippen molar-refractivity contribution >= 4 is 10.9 Å². The Bertz CT molecular complexity index is 857. The van der Waals surface area contributed by atoms with Crippen LogP contribution in [0.5, 0.6) is 0 Å². The number of aliphatic hydroxyl groups excluding tert-OH is 1. The van der Waals surface area contributed by atoms with Crippen LogP contribution in [0.25, 0.3) is 10.9 Å². The van der Waals surface area contributed by atoms with Gasteiger partial charge in [-0.3, -0.25) is 4.68 Å². The van der Waals surface area contributed by atoms with Gasteiger partial charge in [0.25, 0.3) is 0 Å². The van der Waals surface area contributed by atoms with E-state index in [-0.39, 0.29) is 0 Å². The van der Waals surface area contributed by atoms with E-state index in [1.54, 1.807) is 0 Å². The molecule has 0 saturated heterocycles. The summed E-state index contributed by atoms with van der Waals surface area (Å²) in [6.45, 7) is 11.5. The van der Waals surface area contributed by atoms with E-state index in [1.165, 1.54) is 27.7 Å². The first-order valence-corrected chi connectivity index (χ1v) is 8.12. The Kier molecular flexibility index (Phi) is 4.02. The third kappa shape index (κ3) is 2.91. The zero-order valence-electron chi connectivity index (χ0n) is 14.6. The summed E-state index contributed by atoms with van der Waals surface area (Å²) in [6.07, 6.45) is -0.469. The highest BCUT2D eigenvalue weighted by Crippen LogP contribution is 2.26. The van der Waals surface area contributed by atoms with Crippen LogP contribution in [0.4, 0.5) is 0 Å². The monoisotopic (exact) mass is 311 g/mol. The van der Waals surface area contributed by atoms with E-state index < -0.39 is 6.10 Å². The Morgan fingerprint density at radius 1 is 1.04 bits per heavy atom. The molecule has 3 rings (SSSR count). The molecule has 1 N–H and O–H groups in total. The van der Waals surface area contributed by atoms with Crippen LogP contribution >= 0.6 is 0 Å². The van der Waals surface area contributed by atoms with Gasteiger partial charge >= 0.3 is 0 Å². The van der Waals surface area contributed by atoms with Crippen molar-refractivity contribution in [2.24, 2.45) is 0 Å². The van der Waals surface area contributed by atoms with Crippen molar-refractivity contribution in [1.82, 2.24) is 14.3 Å². The van der Waals surface area contributed by atoms with E-state index in [1.807, 2.05) is 24.6 Å². The molecule has 0 amide bonds. The molecule has 2 aromatic heterocycles. The van der Waals surface area contributed by atoms with Crippen LogP contribution in [0.2, 0.25) is 0 Å². The Balaban J connectivity index is 1.89. The van der Waals surface area contributed by atoms with Crippen LogP contribution in [-0.2, 0) is 13.1 Å². The maximum absolute atomic E-state index is 10.6. The summed E-state index contributed by atoms with van der Waals surface area (Å²) >= 11 is 0. The van der Waals surface area contributed by atoms with Crippen molar-refractivity contribution in [2.75, 3.05) is 0 Å². The molecule has 0 spiro atoms. The lowest BCUT2D eigenvalue weighted by atomic mass is 10.1. The number of benzene rings is 1. The van der Waals surface area contributed by atoms with Crippen molar-refractivity contribution in [1.29, 1.82) is 0 Å². The lowest BCUT2D eigenvalue weighted by Gasteiger charge is -2.16. The normalized spacial score (nSPS) is 13.0. The van der Waals surface area contributed by atoms with Crippen molar-refractivity contribution in [3.63, 3.8) is 0 Å². The SMILES string of the molecule is Cc1ccc2c(c1)c(C)c(C)n2C[C@@H](O)Cn1nc(C)cc1C. The lowest BCUT2D eigenvalue weighted by Crippen LogP contribution is -2.24. The maximum atomic E-state index is 10.6. The first kappa shape index (κ1) is 15.8. The minimum atomic E-state index is -0.469. The molecule has 23 heavy (non-hydrogen) atoms. The fraction of sp³-hybridized carbons (Fsp3) is 0.421. The van der Waals surface area contributed by atoms with Crippen LogP contribution < -0.4 is 0 Å². The predicted molar refractivity (Wildman–Crippen MR) is 93.9 cm³/mol. The second-order valence-corrected chi connectivity index (χ2v) is 6.60. The molecule has 3 aromatic rings. The molecular formula is C19H25N3O. The highest BCUT2D eigenvalue weighted by atomic mass is 16.3. The van der Waals surface area contributed by atoms with Gasteiger partial charge in [0.2, 0.25) is 0 Å². The molecule has 0 radical (unpaired) electrons. The fourth-order valence-corrected chi connectivity index (χ4v) is 3.33. The molecule has 0 fully saturated rings. The van der Waals surface area contributed by atoms with Crippen LogP contribution in [0.15, 0.2) is 24.3 Å². The Morgan fingerprint density at radius 3 is 2.43 bits per heavy atom. The minimum absolute atomic E-state index is 0.469. The Labute approximate surface area is 137 Å². The highest BCUT2D eigenvalue weighted by molar-refractivity contribution is 5.85. The molecule has 4 heteroatoms. The third-order valence-corrected chi connectivity index (χ3v) is 4.67. The van der Waals surface area contributed by atoms with Crippen LogP contribution in [0.1, 0.15) is 28.2 Å². The summed E-state index contributed by atoms with van der Waals surface area (Å²) in [5.74, 6) is 0. The number of hydrogen-bond acceptors (Lipinski definition) is 2. The van der Waals surface area contributed by atoms with Crippen molar-refractivity contribution in [3.8, 4) is 0 Å². The first-order valence-electron chi connectivity index (χ1n) is 8.12. The molecule has 2 heterocycles. The van der Waals surface area contributed by atoms with Gasteiger partial charge in [0.15, 0.2) is 0 Å². The van der Waals surface area contributed by atoms with Crippen molar-refractivity contribution < 1.29 is 5.11 Å². The van der Waals surface area contributed by atoms with Gasteiger partial charge in [-0.15, -0.1) is 0 Å². The first-order chi connectivity index (χ1) is 10.9. The molecule has 0 aliphatic carbocycles. The van der Waals surface area contributed by atoms with Gasteiger partial charge in [0.1, 0.15) is 0 Å². The predicted octanol–water partition coefficient (Wildman–Crippen LogP) is 3.44. The summed E-state index contributed by atoms with van der Waals surface area (Å²) in [4.78, 5) is 0. The number of aromatic nitrogens is 3. The second-order valence-electron chi connectivity index (χ2n) is 6.60. The van der Waals surface area contributed by atoms with Gasteiger partial charge in [-0.2, -0.15) is 5.10 Å². The molecule has 1 atom stereocenters. The number of fused-ring (bicyclic) bond motifs is 1. The van der Waals surface area contributed by atoms with Crippen LogP contribution in [-0.4, -0.2) is 25.6 Å². The molecule has 0 bridgehead atoms. The molecule has 122 valence electrons. The maximum Gasteiger partial charge on any atom is 0.0914 e. The second kappa shape index (κ2) is 5.85. The number of aliphatic hydroxyl groups is 1. The van der Waals surface area contributed by atoms with Gasteiger partial charge in [0.05, 0.1) is 24.9 Å². The van der Waals surface area contributed by atoms with Gasteiger partial charge in [0, 0.05) is 22.3 Å². The summed E-state index contributed by atoms with van der Waals surface area (Å²) in [5, 5.41) is 16.3. The lowest BCUT2D eigenvalue weighted by molar-refractivity contribution is 0.130. The van der Waals surface area contributed by atoms with E-state index in [0.717, 1.165) is 11.4 Å². The smallest absolute Gasteiger partial charge is 0.0914 e. The van der Waals surface area contributed by atoms with Gasteiger partial charge in [-0.1, -0.05) is 11.6 Å². The van der Waals surface area contributed by atoms with E-state index >= 15 is 0 Å². The average molecular weight is 311 g/mol. The molecular weight excluding hydrogens is 286 g/mol. The topological polar surface area (TPSA) is 43.0 Å². The quantitative estimate of drug-likeness (QED) is 0.802. The van der Waals surface area contributed by atoms with E-state index in [4.69, 9.17) is 0 Å². The van der Waals surface area contributed by atoms with Gasteiger partial charge in [-0.05, 0) is 58.4 Å². The highest BCUT2D eigenvalue weighted by Gasteiger charge is 2.15. The van der Waals surface area contributed by atoms with E-state index in [9.17, 15) is 5.11 Å². The molecule has 4 nitrogen and oxygen atoms in total. The average Bonchev–Trinajstić information content (AvgIpc) is 2.91. The third-order valence-electron chi connectivity index (χ3n) is 4.67.